The van der Waals surface area contributed by atoms with E-state index in [1.165, 1.54) is 4.90 Å². The molecule has 0 bridgehead atoms. The molecule has 1 saturated heterocycles. The number of likely N-dealkylation sites (tertiary alicyclic amines) is 1. The Hall–Kier alpha value is -2.08. The summed E-state index contributed by atoms with van der Waals surface area (Å²) >= 11 is 12.0. The highest BCUT2D eigenvalue weighted by molar-refractivity contribution is 6.42. The molecule has 7 heteroatoms. The number of hydrogen-bond acceptors (Lipinski definition) is 4. The van der Waals surface area contributed by atoms with E-state index in [0.717, 1.165) is 44.6 Å². The first-order valence-corrected chi connectivity index (χ1v) is 10.6. The van der Waals surface area contributed by atoms with Crippen molar-refractivity contribution in [3.63, 3.8) is 0 Å². The second-order valence-corrected chi connectivity index (χ2v) is 8.21. The van der Waals surface area contributed by atoms with Crippen LogP contribution in [0.1, 0.15) is 40.0 Å². The number of hydrogen-bond donors (Lipinski definition) is 0. The van der Waals surface area contributed by atoms with Crippen molar-refractivity contribution in [2.45, 2.75) is 25.4 Å². The van der Waals surface area contributed by atoms with Gasteiger partial charge in [-0.25, -0.2) is 0 Å². The Morgan fingerprint density at radius 2 is 1.55 bits per heavy atom. The van der Waals surface area contributed by atoms with Crippen molar-refractivity contribution in [1.29, 1.82) is 0 Å². The highest BCUT2D eigenvalue weighted by Crippen LogP contribution is 2.28. The molecule has 0 atom stereocenters. The number of benzene rings is 2. The first-order chi connectivity index (χ1) is 14.0. The van der Waals surface area contributed by atoms with Gasteiger partial charge in [0.1, 0.15) is 11.9 Å². The highest BCUT2D eigenvalue weighted by atomic mass is 35.5. The SMILES string of the molecule is O=C1c2ccccc2C(=O)N1CCCN1CCC(Oc2ccc(Cl)c(Cl)c2)CC1. The summed E-state index contributed by atoms with van der Waals surface area (Å²) < 4.78 is 6.02. The molecule has 2 aliphatic heterocycles. The number of rotatable bonds is 6. The molecule has 2 heterocycles. The van der Waals surface area contributed by atoms with Crippen LogP contribution < -0.4 is 4.74 Å². The van der Waals surface area contributed by atoms with Crippen LogP contribution in [0, 0.1) is 0 Å². The van der Waals surface area contributed by atoms with Gasteiger partial charge in [0.2, 0.25) is 0 Å². The lowest BCUT2D eigenvalue weighted by molar-refractivity contribution is 0.0638. The van der Waals surface area contributed by atoms with Gasteiger partial charge in [0.25, 0.3) is 11.8 Å². The largest absolute Gasteiger partial charge is 0.490 e. The van der Waals surface area contributed by atoms with Crippen molar-refractivity contribution in [2.75, 3.05) is 26.2 Å². The van der Waals surface area contributed by atoms with Gasteiger partial charge in [0.05, 0.1) is 21.2 Å². The van der Waals surface area contributed by atoms with Crippen LogP contribution in [-0.4, -0.2) is 53.9 Å². The molecule has 5 nitrogen and oxygen atoms in total. The van der Waals surface area contributed by atoms with E-state index in [2.05, 4.69) is 4.90 Å². The maximum absolute atomic E-state index is 12.4. The van der Waals surface area contributed by atoms with Crippen molar-refractivity contribution in [3.8, 4) is 5.75 Å². The van der Waals surface area contributed by atoms with Crippen LogP contribution in [-0.2, 0) is 0 Å². The third kappa shape index (κ3) is 4.42. The summed E-state index contributed by atoms with van der Waals surface area (Å²) in [6.45, 7) is 3.15. The summed E-state index contributed by atoms with van der Waals surface area (Å²) in [6.07, 6.45) is 2.77. The van der Waals surface area contributed by atoms with E-state index in [0.29, 0.717) is 27.7 Å². The van der Waals surface area contributed by atoms with Gasteiger partial charge in [-0.1, -0.05) is 35.3 Å². The number of nitrogens with zero attached hydrogens (tertiary/aromatic N) is 2. The lowest BCUT2D eigenvalue weighted by atomic mass is 10.1. The summed E-state index contributed by atoms with van der Waals surface area (Å²) in [5.74, 6) is 0.377. The Morgan fingerprint density at radius 3 is 2.17 bits per heavy atom. The zero-order chi connectivity index (χ0) is 20.4. The number of halogens is 2. The van der Waals surface area contributed by atoms with Crippen LogP contribution in [0.3, 0.4) is 0 Å². The van der Waals surface area contributed by atoms with E-state index in [1.54, 1.807) is 36.4 Å². The van der Waals surface area contributed by atoms with Crippen LogP contribution in [0.15, 0.2) is 42.5 Å². The number of ether oxygens (including phenoxy) is 1. The van der Waals surface area contributed by atoms with Gasteiger partial charge >= 0.3 is 0 Å². The molecule has 0 spiro atoms. The molecule has 0 saturated carbocycles. The average molecular weight is 433 g/mol. The predicted octanol–water partition coefficient (Wildman–Crippen LogP) is 4.52. The Balaban J connectivity index is 1.21. The third-order valence-electron chi connectivity index (χ3n) is 5.46. The molecule has 152 valence electrons. The molecule has 0 aliphatic carbocycles. The van der Waals surface area contributed by atoms with Crippen molar-refractivity contribution in [2.24, 2.45) is 0 Å². The Labute approximate surface area is 180 Å². The van der Waals surface area contributed by atoms with E-state index in [1.807, 2.05) is 6.07 Å². The standard InChI is InChI=1S/C22H22Cl2N2O3/c23-19-7-6-16(14-20(19)24)29-15-8-12-25(13-9-15)10-3-11-26-21(27)17-4-1-2-5-18(17)22(26)28/h1-2,4-7,14-15H,3,8-13H2. The van der Waals surface area contributed by atoms with Crippen LogP contribution in [0.25, 0.3) is 0 Å². The smallest absolute Gasteiger partial charge is 0.261 e. The number of piperidine rings is 1. The van der Waals surface area contributed by atoms with E-state index in [-0.39, 0.29) is 17.9 Å². The molecule has 2 amide bonds. The van der Waals surface area contributed by atoms with E-state index in [9.17, 15) is 9.59 Å². The zero-order valence-electron chi connectivity index (χ0n) is 15.9. The third-order valence-corrected chi connectivity index (χ3v) is 6.20. The van der Waals surface area contributed by atoms with Gasteiger partial charge < -0.3 is 9.64 Å². The number of amides is 2. The van der Waals surface area contributed by atoms with E-state index in [4.69, 9.17) is 27.9 Å². The van der Waals surface area contributed by atoms with Crippen LogP contribution in [0.5, 0.6) is 5.75 Å². The maximum Gasteiger partial charge on any atom is 0.261 e. The minimum absolute atomic E-state index is 0.153. The first kappa shape index (κ1) is 20.2. The van der Waals surface area contributed by atoms with Crippen molar-refractivity contribution in [3.05, 3.63) is 63.6 Å². The van der Waals surface area contributed by atoms with Gasteiger partial charge in [-0.3, -0.25) is 14.5 Å². The van der Waals surface area contributed by atoms with E-state index >= 15 is 0 Å². The molecular formula is C22H22Cl2N2O3. The summed E-state index contributed by atoms with van der Waals surface area (Å²) in [5, 5.41) is 1.02. The topological polar surface area (TPSA) is 49.9 Å². The Morgan fingerprint density at radius 1 is 0.897 bits per heavy atom. The van der Waals surface area contributed by atoms with Crippen molar-refractivity contribution < 1.29 is 14.3 Å². The normalized spacial score (nSPS) is 17.7. The fourth-order valence-electron chi connectivity index (χ4n) is 3.89. The number of carbonyl (C=O) groups is 2. The zero-order valence-corrected chi connectivity index (χ0v) is 17.5. The number of carbonyl (C=O) groups excluding carboxylic acids is 2. The monoisotopic (exact) mass is 432 g/mol. The molecule has 2 aromatic carbocycles. The Bertz CT molecular complexity index is 891. The molecule has 2 aliphatic rings. The molecule has 0 radical (unpaired) electrons. The van der Waals surface area contributed by atoms with Gasteiger partial charge in [-0.15, -0.1) is 0 Å². The summed E-state index contributed by atoms with van der Waals surface area (Å²) in [7, 11) is 0. The predicted molar refractivity (Wildman–Crippen MR) is 113 cm³/mol. The maximum atomic E-state index is 12.4. The van der Waals surface area contributed by atoms with Gasteiger partial charge in [0.15, 0.2) is 0 Å². The molecule has 1 fully saturated rings. The van der Waals surface area contributed by atoms with Crippen LogP contribution in [0.2, 0.25) is 10.0 Å². The molecule has 0 aromatic heterocycles. The number of fused-ring (bicyclic) bond motifs is 1. The second-order valence-electron chi connectivity index (χ2n) is 7.40. The lowest BCUT2D eigenvalue weighted by Gasteiger charge is -2.32. The second kappa shape index (κ2) is 8.74. The first-order valence-electron chi connectivity index (χ1n) is 9.82. The molecule has 0 unspecified atom stereocenters. The molecular weight excluding hydrogens is 411 g/mol. The summed E-state index contributed by atoms with van der Waals surface area (Å²) in [6, 6.07) is 12.3. The van der Waals surface area contributed by atoms with E-state index < -0.39 is 0 Å². The molecule has 29 heavy (non-hydrogen) atoms. The van der Waals surface area contributed by atoms with Crippen LogP contribution in [0.4, 0.5) is 0 Å². The average Bonchev–Trinajstić information content (AvgIpc) is 2.97. The van der Waals surface area contributed by atoms with Crippen LogP contribution >= 0.6 is 23.2 Å². The lowest BCUT2D eigenvalue weighted by Crippen LogP contribution is -2.40. The van der Waals surface area contributed by atoms with Gasteiger partial charge in [-0.2, -0.15) is 0 Å². The van der Waals surface area contributed by atoms with Gasteiger partial charge in [-0.05, 0) is 50.1 Å². The number of imide groups is 1. The molecule has 4 rings (SSSR count). The molecule has 0 N–H and O–H groups in total. The fourth-order valence-corrected chi connectivity index (χ4v) is 4.18. The van der Waals surface area contributed by atoms with Crippen molar-refractivity contribution >= 4 is 35.0 Å². The minimum Gasteiger partial charge on any atom is -0.490 e. The summed E-state index contributed by atoms with van der Waals surface area (Å²) in [4.78, 5) is 28.5. The quantitative estimate of drug-likeness (QED) is 0.629. The van der Waals surface area contributed by atoms with Gasteiger partial charge in [0, 0.05) is 25.7 Å². The Kier molecular flexibility index (Phi) is 6.09. The highest BCUT2D eigenvalue weighted by Gasteiger charge is 2.34. The summed E-state index contributed by atoms with van der Waals surface area (Å²) in [5.41, 5.74) is 1.02. The minimum atomic E-state index is -0.181. The molecule has 2 aromatic rings. The fraction of sp³-hybridized carbons (Fsp3) is 0.364. The van der Waals surface area contributed by atoms with Crippen molar-refractivity contribution in [1.82, 2.24) is 9.80 Å².